The number of piperazine rings is 1. The van der Waals surface area contributed by atoms with Gasteiger partial charge in [-0.15, -0.1) is 0 Å². The first-order valence-electron chi connectivity index (χ1n) is 12.0. The van der Waals surface area contributed by atoms with Crippen LogP contribution in [0.3, 0.4) is 0 Å². The summed E-state index contributed by atoms with van der Waals surface area (Å²) in [6.45, 7) is 5.63. The number of nitrogens with one attached hydrogen (secondary N) is 1. The molecular weight excluding hydrogens is 422 g/mol. The third-order valence-electron chi connectivity index (χ3n) is 7.15. The lowest BCUT2D eigenvalue weighted by Crippen LogP contribution is -2.44. The quantitative estimate of drug-likeness (QED) is 0.614. The largest absolute Gasteiger partial charge is 0.373 e. The number of carbonyl (C=O) groups is 1. The third kappa shape index (κ3) is 4.39. The van der Waals surface area contributed by atoms with Crippen LogP contribution in [0.4, 0.5) is 17.1 Å². The van der Waals surface area contributed by atoms with Crippen molar-refractivity contribution in [1.29, 1.82) is 0 Å². The first-order valence-corrected chi connectivity index (χ1v) is 12.0. The molecule has 0 radical (unpaired) electrons. The van der Waals surface area contributed by atoms with Gasteiger partial charge in [-0.3, -0.25) is 4.79 Å². The molecule has 1 fully saturated rings. The Morgan fingerprint density at radius 2 is 1.65 bits per heavy atom. The van der Waals surface area contributed by atoms with Gasteiger partial charge in [0, 0.05) is 74.9 Å². The van der Waals surface area contributed by atoms with Crippen molar-refractivity contribution in [2.45, 2.75) is 12.5 Å². The molecule has 0 bridgehead atoms. The van der Waals surface area contributed by atoms with Crippen LogP contribution in [0.1, 0.15) is 33.0 Å². The first-order chi connectivity index (χ1) is 16.5. The Labute approximate surface area is 202 Å². The van der Waals surface area contributed by atoms with Crippen LogP contribution in [0.25, 0.3) is 0 Å². The van der Waals surface area contributed by atoms with E-state index in [4.69, 9.17) is 5.73 Å². The fourth-order valence-electron chi connectivity index (χ4n) is 5.16. The molecule has 0 saturated carbocycles. The number of benzene rings is 3. The van der Waals surface area contributed by atoms with Crippen molar-refractivity contribution in [3.05, 3.63) is 89.0 Å². The van der Waals surface area contributed by atoms with Crippen molar-refractivity contribution in [3.8, 4) is 0 Å². The summed E-state index contributed by atoms with van der Waals surface area (Å²) in [5.74, 6) is 0.217. The minimum atomic E-state index is -0.0868. The van der Waals surface area contributed by atoms with Gasteiger partial charge in [-0.1, -0.05) is 30.3 Å². The summed E-state index contributed by atoms with van der Waals surface area (Å²) in [5, 5.41) is 3.04. The van der Waals surface area contributed by atoms with Crippen molar-refractivity contribution < 1.29 is 4.79 Å². The van der Waals surface area contributed by atoms with Crippen LogP contribution in [0.2, 0.25) is 0 Å². The van der Waals surface area contributed by atoms with Crippen molar-refractivity contribution in [2.75, 3.05) is 61.9 Å². The van der Waals surface area contributed by atoms with Crippen LogP contribution in [0.15, 0.2) is 66.7 Å². The average Bonchev–Trinajstić information content (AvgIpc) is 3.22. The lowest BCUT2D eigenvalue weighted by Gasteiger charge is -2.34. The predicted octanol–water partition coefficient (Wildman–Crippen LogP) is 3.73. The number of hydrogen-bond donors (Lipinski definition) is 2. The maximum atomic E-state index is 12.8. The number of rotatable bonds is 5. The number of likely N-dealkylation sites (N-methyl/N-ethyl adjacent to an activating group) is 2. The zero-order valence-corrected chi connectivity index (χ0v) is 20.0. The number of nitrogens with two attached hydrogens (primary N) is 1. The molecular formula is C28H33N5O. The van der Waals surface area contributed by atoms with Gasteiger partial charge in [0.1, 0.15) is 0 Å². The van der Waals surface area contributed by atoms with E-state index in [1.807, 2.05) is 36.4 Å². The van der Waals surface area contributed by atoms with Gasteiger partial charge in [-0.2, -0.15) is 0 Å². The van der Waals surface area contributed by atoms with E-state index in [2.05, 4.69) is 64.4 Å². The van der Waals surface area contributed by atoms with E-state index in [-0.39, 0.29) is 5.91 Å². The number of fused-ring (bicyclic) bond motifs is 1. The molecule has 6 nitrogen and oxygen atoms in total. The van der Waals surface area contributed by atoms with Gasteiger partial charge < -0.3 is 25.8 Å². The normalized spacial score (nSPS) is 18.1. The molecule has 0 aliphatic carbocycles. The molecule has 2 aliphatic heterocycles. The Morgan fingerprint density at radius 3 is 2.32 bits per heavy atom. The highest BCUT2D eigenvalue weighted by Gasteiger charge is 2.29. The van der Waals surface area contributed by atoms with E-state index < -0.39 is 0 Å². The van der Waals surface area contributed by atoms with E-state index in [1.54, 1.807) is 0 Å². The SMILES string of the molecule is CN1CCN(c2ccc(C(=O)Nc3ccc(C4CN(C)c5c(CN)cccc54)cc3)cc2)CC1. The van der Waals surface area contributed by atoms with E-state index in [0.29, 0.717) is 18.0 Å². The minimum Gasteiger partial charge on any atom is -0.373 e. The van der Waals surface area contributed by atoms with Gasteiger partial charge >= 0.3 is 0 Å². The van der Waals surface area contributed by atoms with Crippen molar-refractivity contribution >= 4 is 23.0 Å². The van der Waals surface area contributed by atoms with Crippen molar-refractivity contribution in [1.82, 2.24) is 4.90 Å². The average molecular weight is 456 g/mol. The van der Waals surface area contributed by atoms with E-state index >= 15 is 0 Å². The monoisotopic (exact) mass is 455 g/mol. The van der Waals surface area contributed by atoms with Gasteiger partial charge in [0.15, 0.2) is 0 Å². The van der Waals surface area contributed by atoms with Gasteiger partial charge in [-0.25, -0.2) is 0 Å². The number of hydrogen-bond acceptors (Lipinski definition) is 5. The highest BCUT2D eigenvalue weighted by Crippen LogP contribution is 2.41. The van der Waals surface area contributed by atoms with Crippen LogP contribution in [0, 0.1) is 0 Å². The predicted molar refractivity (Wildman–Crippen MR) is 140 cm³/mol. The molecule has 3 aromatic carbocycles. The van der Waals surface area contributed by atoms with E-state index in [0.717, 1.165) is 38.4 Å². The fourth-order valence-corrected chi connectivity index (χ4v) is 5.16. The molecule has 2 heterocycles. The zero-order valence-electron chi connectivity index (χ0n) is 20.0. The summed E-state index contributed by atoms with van der Waals surface area (Å²) in [6, 6.07) is 22.6. The third-order valence-corrected chi connectivity index (χ3v) is 7.15. The molecule has 0 spiro atoms. The summed E-state index contributed by atoms with van der Waals surface area (Å²) < 4.78 is 0. The molecule has 176 valence electrons. The molecule has 1 unspecified atom stereocenters. The van der Waals surface area contributed by atoms with Crippen LogP contribution in [-0.4, -0.2) is 57.6 Å². The van der Waals surface area contributed by atoms with Gasteiger partial charge in [0.05, 0.1) is 0 Å². The summed E-state index contributed by atoms with van der Waals surface area (Å²) >= 11 is 0. The minimum absolute atomic E-state index is 0.0868. The fraction of sp³-hybridized carbons (Fsp3) is 0.321. The maximum Gasteiger partial charge on any atom is 0.255 e. The Kier molecular flexibility index (Phi) is 6.26. The summed E-state index contributed by atoms with van der Waals surface area (Å²) in [4.78, 5) is 19.8. The molecule has 5 rings (SSSR count). The summed E-state index contributed by atoms with van der Waals surface area (Å²) in [5.41, 5.74) is 13.6. The summed E-state index contributed by atoms with van der Waals surface area (Å²) in [7, 11) is 4.28. The Balaban J connectivity index is 1.25. The van der Waals surface area contributed by atoms with E-state index in [9.17, 15) is 4.79 Å². The Hall–Kier alpha value is -3.35. The molecule has 3 N–H and O–H groups in total. The second-order valence-corrected chi connectivity index (χ2v) is 9.41. The first kappa shape index (κ1) is 22.4. The van der Waals surface area contributed by atoms with Crippen LogP contribution < -0.4 is 20.9 Å². The molecule has 1 saturated heterocycles. The molecule has 1 amide bonds. The molecule has 2 aliphatic rings. The van der Waals surface area contributed by atoms with Crippen LogP contribution in [-0.2, 0) is 6.54 Å². The van der Waals surface area contributed by atoms with Crippen molar-refractivity contribution in [2.24, 2.45) is 5.73 Å². The van der Waals surface area contributed by atoms with Gasteiger partial charge in [0.2, 0.25) is 0 Å². The number of para-hydroxylation sites is 1. The number of carbonyl (C=O) groups excluding carboxylic acids is 1. The molecule has 6 heteroatoms. The highest BCUT2D eigenvalue weighted by molar-refractivity contribution is 6.04. The lowest BCUT2D eigenvalue weighted by molar-refractivity contribution is 0.102. The van der Waals surface area contributed by atoms with Gasteiger partial charge in [0.25, 0.3) is 5.91 Å². The number of amides is 1. The lowest BCUT2D eigenvalue weighted by atomic mass is 9.92. The molecule has 0 aromatic heterocycles. The number of anilines is 3. The van der Waals surface area contributed by atoms with Gasteiger partial charge in [-0.05, 0) is 60.1 Å². The molecule has 1 atom stereocenters. The molecule has 34 heavy (non-hydrogen) atoms. The zero-order chi connectivity index (χ0) is 23.7. The summed E-state index contributed by atoms with van der Waals surface area (Å²) in [6.07, 6.45) is 0. The second-order valence-electron chi connectivity index (χ2n) is 9.41. The second kappa shape index (κ2) is 9.49. The van der Waals surface area contributed by atoms with E-state index in [1.165, 1.54) is 28.1 Å². The Bertz CT molecular complexity index is 1150. The number of nitrogens with zero attached hydrogens (tertiary/aromatic N) is 3. The standard InChI is InChI=1S/C28H33N5O/c1-31-14-16-33(17-15-31)24-12-8-21(9-13-24)28(34)30-23-10-6-20(7-11-23)26-19-32(2)27-22(18-29)4-3-5-25(26)27/h3-13,26H,14-19,29H2,1-2H3,(H,30,34). The van der Waals surface area contributed by atoms with Crippen LogP contribution >= 0.6 is 0 Å². The Morgan fingerprint density at radius 1 is 0.941 bits per heavy atom. The highest BCUT2D eigenvalue weighted by atomic mass is 16.1. The smallest absolute Gasteiger partial charge is 0.255 e. The maximum absolute atomic E-state index is 12.8. The van der Waals surface area contributed by atoms with Crippen LogP contribution in [0.5, 0.6) is 0 Å². The topological polar surface area (TPSA) is 64.8 Å². The molecule has 3 aromatic rings. The van der Waals surface area contributed by atoms with Crippen molar-refractivity contribution in [3.63, 3.8) is 0 Å².